The van der Waals surface area contributed by atoms with E-state index in [4.69, 9.17) is 0 Å². The third-order valence-corrected chi connectivity index (χ3v) is 8.67. The van der Waals surface area contributed by atoms with Crippen LogP contribution in [-0.2, 0) is 0 Å². The minimum absolute atomic E-state index is 1.12. The van der Waals surface area contributed by atoms with E-state index in [-0.39, 0.29) is 0 Å². The number of hydrogen-bond acceptors (Lipinski definition) is 0. The van der Waals surface area contributed by atoms with Gasteiger partial charge in [0, 0.05) is 0 Å². The van der Waals surface area contributed by atoms with Crippen molar-refractivity contribution < 1.29 is 0 Å². The molecule has 0 heterocycles. The highest BCUT2D eigenvalue weighted by Crippen LogP contribution is 2.44. The molecule has 0 nitrogen and oxygen atoms in total. The van der Waals surface area contributed by atoms with Gasteiger partial charge in [-0.2, -0.15) is 0 Å². The van der Waals surface area contributed by atoms with Gasteiger partial charge in [-0.05, 0) is 102 Å². The van der Waals surface area contributed by atoms with Gasteiger partial charge in [-0.15, -0.1) is 0 Å². The Hall–Kier alpha value is -5.20. The smallest absolute Gasteiger partial charge is 0.00262 e. The van der Waals surface area contributed by atoms with Crippen LogP contribution in [-0.4, -0.2) is 0 Å². The molecule has 0 aliphatic heterocycles. The maximum atomic E-state index is 2.35. The molecule has 212 valence electrons. The van der Waals surface area contributed by atoms with Crippen molar-refractivity contribution in [2.45, 2.75) is 26.7 Å². The van der Waals surface area contributed by atoms with Gasteiger partial charge in [-0.25, -0.2) is 0 Å². The fourth-order valence-electron chi connectivity index (χ4n) is 6.63. The van der Waals surface area contributed by atoms with Crippen LogP contribution in [0.25, 0.3) is 71.3 Å². The lowest BCUT2D eigenvalue weighted by Gasteiger charge is -2.18. The maximum Gasteiger partial charge on any atom is -0.00262 e. The molecular formula is C44H36. The Morgan fingerprint density at radius 2 is 0.932 bits per heavy atom. The number of fused-ring (bicyclic) bond motifs is 3. The zero-order valence-electron chi connectivity index (χ0n) is 25.4. The summed E-state index contributed by atoms with van der Waals surface area (Å²) >= 11 is 0. The van der Waals surface area contributed by atoms with Crippen molar-refractivity contribution in [3.8, 4) is 33.4 Å². The van der Waals surface area contributed by atoms with Crippen LogP contribution in [0.1, 0.15) is 32.3 Å². The third kappa shape index (κ3) is 5.03. The van der Waals surface area contributed by atoms with E-state index in [1.807, 2.05) is 13.8 Å². The number of allylic oxidation sites excluding steroid dienone is 4. The molecule has 0 fully saturated rings. The second-order valence-corrected chi connectivity index (χ2v) is 11.2. The van der Waals surface area contributed by atoms with Crippen LogP contribution in [0.5, 0.6) is 0 Å². The van der Waals surface area contributed by atoms with Crippen molar-refractivity contribution in [3.05, 3.63) is 163 Å². The fraction of sp³-hybridized carbons (Fsp3) is 0.0909. The highest BCUT2D eigenvalue weighted by molar-refractivity contribution is 6.21. The van der Waals surface area contributed by atoms with Gasteiger partial charge < -0.3 is 0 Å². The first-order valence-electron chi connectivity index (χ1n) is 15.8. The molecule has 0 unspecified atom stereocenters. The summed E-state index contributed by atoms with van der Waals surface area (Å²) in [4.78, 5) is 0. The summed E-state index contributed by atoms with van der Waals surface area (Å²) in [6.07, 6.45) is 9.13. The van der Waals surface area contributed by atoms with Gasteiger partial charge in [-0.3, -0.25) is 0 Å². The Morgan fingerprint density at radius 1 is 0.386 bits per heavy atom. The van der Waals surface area contributed by atoms with Crippen molar-refractivity contribution in [2.24, 2.45) is 0 Å². The van der Waals surface area contributed by atoms with Crippen LogP contribution in [0, 0.1) is 0 Å². The molecule has 44 heavy (non-hydrogen) atoms. The SMILES string of the molecule is C1=CC(c2cccc(-c3ccc(-c4c5ccccc5c(-c5ccc6ccccc6c5)c5ccccc45)cc3)c2)=CCC1.CC. The molecule has 8 rings (SSSR count). The second kappa shape index (κ2) is 12.2. The first-order valence-corrected chi connectivity index (χ1v) is 15.8. The molecule has 0 amide bonds. The van der Waals surface area contributed by atoms with Crippen molar-refractivity contribution in [1.82, 2.24) is 0 Å². The van der Waals surface area contributed by atoms with E-state index in [1.165, 1.54) is 76.8 Å². The largest absolute Gasteiger partial charge is 0.0836 e. The summed E-state index contributed by atoms with van der Waals surface area (Å²) in [5.41, 5.74) is 10.2. The summed E-state index contributed by atoms with van der Waals surface area (Å²) in [5.74, 6) is 0. The normalized spacial score (nSPS) is 12.6. The zero-order valence-corrected chi connectivity index (χ0v) is 25.4. The second-order valence-electron chi connectivity index (χ2n) is 11.2. The highest BCUT2D eigenvalue weighted by atomic mass is 14.2. The van der Waals surface area contributed by atoms with E-state index >= 15 is 0 Å². The van der Waals surface area contributed by atoms with Gasteiger partial charge in [0.2, 0.25) is 0 Å². The highest BCUT2D eigenvalue weighted by Gasteiger charge is 2.17. The summed E-state index contributed by atoms with van der Waals surface area (Å²) < 4.78 is 0. The van der Waals surface area contributed by atoms with E-state index in [9.17, 15) is 0 Å². The average Bonchev–Trinajstić information content (AvgIpc) is 3.12. The summed E-state index contributed by atoms with van der Waals surface area (Å²) in [5, 5.41) is 7.67. The Bertz CT molecular complexity index is 2120. The van der Waals surface area contributed by atoms with Gasteiger partial charge in [0.1, 0.15) is 0 Å². The molecule has 0 aromatic heterocycles. The van der Waals surface area contributed by atoms with Crippen LogP contribution in [0.3, 0.4) is 0 Å². The van der Waals surface area contributed by atoms with Crippen LogP contribution < -0.4 is 0 Å². The molecule has 1 aliphatic carbocycles. The van der Waals surface area contributed by atoms with Gasteiger partial charge in [0.25, 0.3) is 0 Å². The molecular weight excluding hydrogens is 528 g/mol. The molecule has 0 atom stereocenters. The molecule has 0 heteroatoms. The maximum absolute atomic E-state index is 2.35. The Morgan fingerprint density at radius 3 is 1.57 bits per heavy atom. The molecule has 0 spiro atoms. The number of rotatable bonds is 4. The van der Waals surface area contributed by atoms with E-state index < -0.39 is 0 Å². The van der Waals surface area contributed by atoms with E-state index in [1.54, 1.807) is 0 Å². The van der Waals surface area contributed by atoms with Crippen LogP contribution in [0.15, 0.2) is 158 Å². The lowest BCUT2D eigenvalue weighted by atomic mass is 9.85. The first-order chi connectivity index (χ1) is 21.8. The minimum Gasteiger partial charge on any atom is -0.0836 e. The number of hydrogen-bond donors (Lipinski definition) is 0. The van der Waals surface area contributed by atoms with Gasteiger partial charge in [0.05, 0.1) is 0 Å². The predicted molar refractivity (Wildman–Crippen MR) is 193 cm³/mol. The summed E-state index contributed by atoms with van der Waals surface area (Å²) in [7, 11) is 0. The molecule has 0 saturated heterocycles. The van der Waals surface area contributed by atoms with Crippen molar-refractivity contribution in [3.63, 3.8) is 0 Å². The predicted octanol–water partition coefficient (Wildman–Crippen LogP) is 12.9. The topological polar surface area (TPSA) is 0 Å². The van der Waals surface area contributed by atoms with Crippen LogP contribution in [0.2, 0.25) is 0 Å². The van der Waals surface area contributed by atoms with Crippen LogP contribution in [0.4, 0.5) is 0 Å². The molecule has 1 aliphatic rings. The van der Waals surface area contributed by atoms with Gasteiger partial charge in [0.15, 0.2) is 0 Å². The fourth-order valence-corrected chi connectivity index (χ4v) is 6.63. The Balaban J connectivity index is 0.00000153. The van der Waals surface area contributed by atoms with Gasteiger partial charge >= 0.3 is 0 Å². The van der Waals surface area contributed by atoms with Crippen molar-refractivity contribution in [2.75, 3.05) is 0 Å². The molecule has 0 N–H and O–H groups in total. The third-order valence-electron chi connectivity index (χ3n) is 8.67. The monoisotopic (exact) mass is 564 g/mol. The molecule has 0 radical (unpaired) electrons. The first kappa shape index (κ1) is 27.6. The zero-order chi connectivity index (χ0) is 29.9. The van der Waals surface area contributed by atoms with Crippen molar-refractivity contribution >= 4 is 37.9 Å². The minimum atomic E-state index is 1.12. The van der Waals surface area contributed by atoms with Gasteiger partial charge in [-0.1, -0.05) is 159 Å². The Kier molecular flexibility index (Phi) is 7.65. The molecule has 0 saturated carbocycles. The van der Waals surface area contributed by atoms with Crippen LogP contribution >= 0.6 is 0 Å². The van der Waals surface area contributed by atoms with Crippen molar-refractivity contribution in [1.29, 1.82) is 0 Å². The lowest BCUT2D eigenvalue weighted by molar-refractivity contribution is 1.04. The van der Waals surface area contributed by atoms with E-state index in [2.05, 4.69) is 158 Å². The molecule has 7 aromatic carbocycles. The van der Waals surface area contributed by atoms with E-state index in [0.29, 0.717) is 0 Å². The molecule has 7 aromatic rings. The number of benzene rings is 7. The average molecular weight is 565 g/mol. The standard InChI is InChI=1S/C42H30.C2H6/c1-2-11-29(12-3-1)34-15-10-16-35(27-34)31-21-24-32(25-22-31)41-37-17-6-8-19-39(37)42(40-20-9-7-18-38(40)41)36-26-23-30-13-4-5-14-33(30)28-36;1-2/h2,4-28H,1,3H2;1-2H3. The Labute approximate surface area is 260 Å². The summed E-state index contributed by atoms with van der Waals surface area (Å²) in [6.45, 7) is 4.00. The van der Waals surface area contributed by atoms with E-state index in [0.717, 1.165) is 12.8 Å². The lowest BCUT2D eigenvalue weighted by Crippen LogP contribution is -1.91. The summed E-state index contributed by atoms with van der Waals surface area (Å²) in [6, 6.07) is 51.3. The molecule has 0 bridgehead atoms. The quantitative estimate of drug-likeness (QED) is 0.187.